The third kappa shape index (κ3) is 4.10. The molecule has 0 heteroatoms. The highest BCUT2D eigenvalue weighted by Crippen LogP contribution is 2.25. The molecule has 0 saturated carbocycles. The quantitative estimate of drug-likeness (QED) is 0.511. The summed E-state index contributed by atoms with van der Waals surface area (Å²) in [5, 5.41) is 0. The molecule has 0 aliphatic heterocycles. The summed E-state index contributed by atoms with van der Waals surface area (Å²) in [6.45, 7) is 4.45. The van der Waals surface area contributed by atoms with Gasteiger partial charge in [-0.2, -0.15) is 0 Å². The van der Waals surface area contributed by atoms with E-state index in [9.17, 15) is 0 Å². The van der Waals surface area contributed by atoms with Crippen LogP contribution in [-0.4, -0.2) is 0 Å². The summed E-state index contributed by atoms with van der Waals surface area (Å²) in [6.07, 6.45) is 2.33. The largest absolute Gasteiger partial charge is 0.0622 e. The Morgan fingerprint density at radius 2 is 1.26 bits per heavy atom. The van der Waals surface area contributed by atoms with E-state index in [1.165, 1.54) is 34.2 Å². The van der Waals surface area contributed by atoms with Crippen molar-refractivity contribution in [2.75, 3.05) is 0 Å². The molecule has 0 saturated heterocycles. The van der Waals surface area contributed by atoms with Crippen LogP contribution in [0, 0.1) is 6.92 Å². The van der Waals surface area contributed by atoms with Gasteiger partial charge in [-0.05, 0) is 47.9 Å². The minimum absolute atomic E-state index is 0.585. The molecule has 1 atom stereocenters. The SMILES string of the molecule is Cc1ccc(-c2ccc(C(C)CCc3ccccc3)cc2)cc1. The first kappa shape index (κ1) is 15.6. The maximum atomic E-state index is 2.32. The van der Waals surface area contributed by atoms with Crippen molar-refractivity contribution in [2.24, 2.45) is 0 Å². The predicted octanol–water partition coefficient (Wildman–Crippen LogP) is 6.40. The smallest absolute Gasteiger partial charge is 0.0184 e. The summed E-state index contributed by atoms with van der Waals surface area (Å²) in [7, 11) is 0. The summed E-state index contributed by atoms with van der Waals surface area (Å²) in [4.78, 5) is 0. The zero-order valence-corrected chi connectivity index (χ0v) is 14.0. The highest BCUT2D eigenvalue weighted by Gasteiger charge is 2.06. The molecular weight excluding hydrogens is 276 g/mol. The highest BCUT2D eigenvalue weighted by molar-refractivity contribution is 5.64. The molecule has 0 radical (unpaired) electrons. The lowest BCUT2D eigenvalue weighted by Crippen LogP contribution is -1.96. The molecule has 0 aliphatic carbocycles. The summed E-state index contributed by atoms with van der Waals surface area (Å²) >= 11 is 0. The van der Waals surface area contributed by atoms with Crippen LogP contribution < -0.4 is 0 Å². The number of hydrogen-bond donors (Lipinski definition) is 0. The standard InChI is InChI=1S/C23H24/c1-18-8-12-22(13-9-18)23-16-14-21(15-17-23)19(2)10-11-20-6-4-3-5-7-20/h3-9,12-17,19H,10-11H2,1-2H3. The average Bonchev–Trinajstić information content (AvgIpc) is 2.61. The normalized spacial score (nSPS) is 12.1. The lowest BCUT2D eigenvalue weighted by molar-refractivity contribution is 0.680. The Hall–Kier alpha value is -2.34. The Balaban J connectivity index is 1.65. The van der Waals surface area contributed by atoms with Crippen molar-refractivity contribution in [1.29, 1.82) is 0 Å². The van der Waals surface area contributed by atoms with Crippen molar-refractivity contribution in [3.63, 3.8) is 0 Å². The maximum absolute atomic E-state index is 2.32. The molecule has 1 unspecified atom stereocenters. The van der Waals surface area contributed by atoms with E-state index in [0.717, 1.165) is 6.42 Å². The van der Waals surface area contributed by atoms with Crippen LogP contribution in [0.1, 0.15) is 36.0 Å². The summed E-state index contributed by atoms with van der Waals surface area (Å²) in [5.74, 6) is 0.585. The molecule has 0 bridgehead atoms. The van der Waals surface area contributed by atoms with E-state index in [0.29, 0.717) is 5.92 Å². The second kappa shape index (κ2) is 7.28. The zero-order valence-electron chi connectivity index (χ0n) is 14.0. The van der Waals surface area contributed by atoms with Gasteiger partial charge in [0.1, 0.15) is 0 Å². The Morgan fingerprint density at radius 3 is 1.87 bits per heavy atom. The van der Waals surface area contributed by atoms with Gasteiger partial charge in [-0.3, -0.25) is 0 Å². The molecule has 3 aromatic rings. The van der Waals surface area contributed by atoms with E-state index in [2.05, 4.69) is 92.7 Å². The van der Waals surface area contributed by atoms with Crippen LogP contribution in [0.15, 0.2) is 78.9 Å². The summed E-state index contributed by atoms with van der Waals surface area (Å²) in [5.41, 5.74) is 6.75. The van der Waals surface area contributed by atoms with Gasteiger partial charge < -0.3 is 0 Å². The van der Waals surface area contributed by atoms with Gasteiger partial charge in [-0.15, -0.1) is 0 Å². The van der Waals surface area contributed by atoms with Gasteiger partial charge in [0, 0.05) is 0 Å². The third-order valence-electron chi connectivity index (χ3n) is 4.57. The Bertz CT molecular complexity index is 721. The first-order valence-corrected chi connectivity index (χ1v) is 8.43. The van der Waals surface area contributed by atoms with E-state index < -0.39 is 0 Å². The third-order valence-corrected chi connectivity index (χ3v) is 4.57. The van der Waals surface area contributed by atoms with Crippen LogP contribution in [0.4, 0.5) is 0 Å². The predicted molar refractivity (Wildman–Crippen MR) is 99.8 cm³/mol. The first-order valence-electron chi connectivity index (χ1n) is 8.43. The van der Waals surface area contributed by atoms with Crippen molar-refractivity contribution >= 4 is 0 Å². The Kier molecular flexibility index (Phi) is 4.92. The molecular formula is C23H24. The van der Waals surface area contributed by atoms with Crippen LogP contribution in [0.5, 0.6) is 0 Å². The Labute approximate surface area is 139 Å². The maximum Gasteiger partial charge on any atom is -0.0184 e. The minimum atomic E-state index is 0.585. The topological polar surface area (TPSA) is 0 Å². The Morgan fingerprint density at radius 1 is 0.696 bits per heavy atom. The summed E-state index contributed by atoms with van der Waals surface area (Å²) in [6, 6.07) is 28.6. The highest BCUT2D eigenvalue weighted by atomic mass is 14.1. The van der Waals surface area contributed by atoms with Gasteiger partial charge in [-0.25, -0.2) is 0 Å². The van der Waals surface area contributed by atoms with Gasteiger partial charge in [0.2, 0.25) is 0 Å². The van der Waals surface area contributed by atoms with Gasteiger partial charge in [-0.1, -0.05) is 91.3 Å². The van der Waals surface area contributed by atoms with Gasteiger partial charge in [0.25, 0.3) is 0 Å². The molecule has 3 rings (SSSR count). The zero-order chi connectivity index (χ0) is 16.1. The van der Waals surface area contributed by atoms with E-state index in [1.54, 1.807) is 0 Å². The van der Waals surface area contributed by atoms with Crippen molar-refractivity contribution in [3.05, 3.63) is 95.6 Å². The average molecular weight is 300 g/mol. The fourth-order valence-corrected chi connectivity index (χ4v) is 2.94. The van der Waals surface area contributed by atoms with E-state index in [1.807, 2.05) is 0 Å². The monoisotopic (exact) mass is 300 g/mol. The van der Waals surface area contributed by atoms with Crippen molar-refractivity contribution < 1.29 is 0 Å². The van der Waals surface area contributed by atoms with Crippen molar-refractivity contribution in [3.8, 4) is 11.1 Å². The second-order valence-corrected chi connectivity index (χ2v) is 6.41. The lowest BCUT2D eigenvalue weighted by Gasteiger charge is -2.13. The van der Waals surface area contributed by atoms with Crippen molar-refractivity contribution in [2.45, 2.75) is 32.6 Å². The van der Waals surface area contributed by atoms with E-state index >= 15 is 0 Å². The minimum Gasteiger partial charge on any atom is -0.0622 e. The summed E-state index contributed by atoms with van der Waals surface area (Å²) < 4.78 is 0. The molecule has 116 valence electrons. The molecule has 3 aromatic carbocycles. The van der Waals surface area contributed by atoms with Crippen LogP contribution in [0.25, 0.3) is 11.1 Å². The van der Waals surface area contributed by atoms with E-state index in [4.69, 9.17) is 0 Å². The second-order valence-electron chi connectivity index (χ2n) is 6.41. The fraction of sp³-hybridized carbons (Fsp3) is 0.217. The molecule has 23 heavy (non-hydrogen) atoms. The van der Waals surface area contributed by atoms with Crippen LogP contribution in [-0.2, 0) is 6.42 Å². The molecule has 0 aromatic heterocycles. The van der Waals surface area contributed by atoms with Crippen LogP contribution >= 0.6 is 0 Å². The van der Waals surface area contributed by atoms with Gasteiger partial charge in [0.15, 0.2) is 0 Å². The van der Waals surface area contributed by atoms with Crippen LogP contribution in [0.3, 0.4) is 0 Å². The van der Waals surface area contributed by atoms with Gasteiger partial charge >= 0.3 is 0 Å². The molecule has 0 aliphatic rings. The molecule has 0 heterocycles. The lowest BCUT2D eigenvalue weighted by atomic mass is 9.92. The number of rotatable bonds is 5. The molecule has 0 nitrogen and oxygen atoms in total. The molecule has 0 amide bonds. The number of hydrogen-bond acceptors (Lipinski definition) is 0. The number of aryl methyl sites for hydroxylation is 2. The van der Waals surface area contributed by atoms with Gasteiger partial charge in [0.05, 0.1) is 0 Å². The van der Waals surface area contributed by atoms with E-state index in [-0.39, 0.29) is 0 Å². The van der Waals surface area contributed by atoms with Crippen molar-refractivity contribution in [1.82, 2.24) is 0 Å². The molecule has 0 spiro atoms. The molecule has 0 fully saturated rings. The number of benzene rings is 3. The molecule has 0 N–H and O–H groups in total. The fourth-order valence-electron chi connectivity index (χ4n) is 2.94. The van der Waals surface area contributed by atoms with Crippen LogP contribution in [0.2, 0.25) is 0 Å². The first-order chi connectivity index (χ1) is 11.2.